The summed E-state index contributed by atoms with van der Waals surface area (Å²) in [4.78, 5) is 0.108. The lowest BCUT2D eigenvalue weighted by molar-refractivity contribution is 0.267. The van der Waals surface area contributed by atoms with Crippen molar-refractivity contribution < 1.29 is 13.5 Å². The molecule has 0 fully saturated rings. The van der Waals surface area contributed by atoms with E-state index in [2.05, 4.69) is 20.0 Å². The highest BCUT2D eigenvalue weighted by Crippen LogP contribution is 2.22. The van der Waals surface area contributed by atoms with E-state index in [1.165, 1.54) is 10.2 Å². The van der Waals surface area contributed by atoms with Crippen molar-refractivity contribution in [3.63, 3.8) is 0 Å². The van der Waals surface area contributed by atoms with Crippen LogP contribution in [-0.4, -0.2) is 40.1 Å². The first-order valence-electron chi connectivity index (χ1n) is 5.39. The fourth-order valence-electron chi connectivity index (χ4n) is 1.77. The van der Waals surface area contributed by atoms with Crippen molar-refractivity contribution in [2.45, 2.75) is 25.3 Å². The molecule has 0 amide bonds. The summed E-state index contributed by atoms with van der Waals surface area (Å²) in [5.74, 6) is 0. The van der Waals surface area contributed by atoms with Crippen LogP contribution in [0.2, 0.25) is 0 Å². The fraction of sp³-hybridized carbons (Fsp3) is 0.444. The molecule has 2 aromatic heterocycles. The van der Waals surface area contributed by atoms with Gasteiger partial charge in [0.05, 0.1) is 24.5 Å². The molecule has 8 nitrogen and oxygen atoms in total. The Morgan fingerprint density at radius 2 is 2.21 bits per heavy atom. The van der Waals surface area contributed by atoms with Crippen LogP contribution in [0.4, 0.5) is 5.13 Å². The molecule has 0 atom stereocenters. The number of nitrogens with one attached hydrogen (secondary N) is 1. The van der Waals surface area contributed by atoms with Crippen molar-refractivity contribution in [3.05, 3.63) is 16.9 Å². The largest absolute Gasteiger partial charge is 0.394 e. The van der Waals surface area contributed by atoms with Crippen LogP contribution in [0.1, 0.15) is 11.4 Å². The van der Waals surface area contributed by atoms with Gasteiger partial charge in [-0.3, -0.25) is 9.40 Å². The van der Waals surface area contributed by atoms with Gasteiger partial charge in [0.2, 0.25) is 5.13 Å². The van der Waals surface area contributed by atoms with Crippen LogP contribution in [0.25, 0.3) is 0 Å². The van der Waals surface area contributed by atoms with Crippen molar-refractivity contribution in [3.8, 4) is 0 Å². The maximum atomic E-state index is 12.3. The Labute approximate surface area is 114 Å². The molecule has 0 spiro atoms. The summed E-state index contributed by atoms with van der Waals surface area (Å²) in [5, 5.41) is 20.4. The minimum atomic E-state index is -3.75. The second kappa shape index (κ2) is 5.23. The normalized spacial score (nSPS) is 11.7. The van der Waals surface area contributed by atoms with E-state index < -0.39 is 10.0 Å². The molecule has 0 bridgehead atoms. The SMILES string of the molecule is Cc1nn(CCO)c(C)c1S(=O)(=O)Nc1nncs1. The predicted molar refractivity (Wildman–Crippen MR) is 69.5 cm³/mol. The van der Waals surface area contributed by atoms with E-state index in [4.69, 9.17) is 5.11 Å². The fourth-order valence-corrected chi connectivity index (χ4v) is 3.87. The second-order valence-corrected chi connectivity index (χ2v) is 6.25. The van der Waals surface area contributed by atoms with Crippen LogP contribution in [-0.2, 0) is 16.6 Å². The van der Waals surface area contributed by atoms with Crippen molar-refractivity contribution in [2.75, 3.05) is 11.3 Å². The average Bonchev–Trinajstić information content (AvgIpc) is 2.88. The van der Waals surface area contributed by atoms with E-state index in [9.17, 15) is 8.42 Å². The number of aryl methyl sites for hydroxylation is 1. The van der Waals surface area contributed by atoms with Crippen molar-refractivity contribution in [1.29, 1.82) is 0 Å². The Bertz CT molecular complexity index is 662. The molecule has 0 saturated carbocycles. The van der Waals surface area contributed by atoms with Crippen LogP contribution in [0.3, 0.4) is 0 Å². The van der Waals surface area contributed by atoms with Crippen molar-refractivity contribution >= 4 is 26.5 Å². The standard InChI is InChI=1S/C9H13N5O3S2/c1-6-8(7(2)14(12-6)3-4-15)19(16,17)13-9-11-10-5-18-9/h5,15H,3-4H2,1-2H3,(H,11,13). The molecule has 0 unspecified atom stereocenters. The smallest absolute Gasteiger partial charge is 0.267 e. The van der Waals surface area contributed by atoms with Gasteiger partial charge in [0.25, 0.3) is 10.0 Å². The Kier molecular flexibility index (Phi) is 3.83. The molecule has 19 heavy (non-hydrogen) atoms. The highest BCUT2D eigenvalue weighted by molar-refractivity contribution is 7.93. The molecule has 2 rings (SSSR count). The lowest BCUT2D eigenvalue weighted by Gasteiger charge is -2.05. The lowest BCUT2D eigenvalue weighted by Crippen LogP contribution is -2.15. The van der Waals surface area contributed by atoms with E-state index in [-0.39, 0.29) is 23.2 Å². The summed E-state index contributed by atoms with van der Waals surface area (Å²) in [7, 11) is -3.75. The Morgan fingerprint density at radius 3 is 2.79 bits per heavy atom. The summed E-state index contributed by atoms with van der Waals surface area (Å²) in [6.07, 6.45) is 0. The molecule has 0 aliphatic heterocycles. The minimum absolute atomic E-state index is 0.106. The van der Waals surface area contributed by atoms with E-state index in [0.29, 0.717) is 11.4 Å². The third-order valence-corrected chi connectivity index (χ3v) is 4.80. The van der Waals surface area contributed by atoms with Crippen molar-refractivity contribution in [2.24, 2.45) is 0 Å². The molecular formula is C9H13N5O3S2. The predicted octanol–water partition coefficient (Wildman–Crippen LogP) is 0.145. The van der Waals surface area contributed by atoms with E-state index >= 15 is 0 Å². The Morgan fingerprint density at radius 1 is 1.47 bits per heavy atom. The van der Waals surface area contributed by atoms with Gasteiger partial charge in [-0.2, -0.15) is 5.10 Å². The molecule has 0 saturated heterocycles. The first-order valence-corrected chi connectivity index (χ1v) is 7.76. The van der Waals surface area contributed by atoms with Crippen LogP contribution < -0.4 is 4.72 Å². The number of sulfonamides is 1. The summed E-state index contributed by atoms with van der Waals surface area (Å²) in [5.41, 5.74) is 2.29. The maximum absolute atomic E-state index is 12.3. The number of rotatable bonds is 5. The van der Waals surface area contributed by atoms with Gasteiger partial charge in [0.15, 0.2) is 0 Å². The van der Waals surface area contributed by atoms with E-state index in [1.54, 1.807) is 13.8 Å². The summed E-state index contributed by atoms with van der Waals surface area (Å²) in [6, 6.07) is 0. The van der Waals surface area contributed by atoms with Gasteiger partial charge >= 0.3 is 0 Å². The van der Waals surface area contributed by atoms with Crippen LogP contribution in [0.5, 0.6) is 0 Å². The highest BCUT2D eigenvalue weighted by Gasteiger charge is 2.25. The summed E-state index contributed by atoms with van der Waals surface area (Å²) >= 11 is 1.09. The van der Waals surface area contributed by atoms with Gasteiger partial charge < -0.3 is 5.11 Å². The third kappa shape index (κ3) is 2.74. The monoisotopic (exact) mass is 303 g/mol. The number of nitrogens with zero attached hydrogens (tertiary/aromatic N) is 4. The van der Waals surface area contributed by atoms with E-state index in [1.807, 2.05) is 0 Å². The van der Waals surface area contributed by atoms with Crippen molar-refractivity contribution in [1.82, 2.24) is 20.0 Å². The zero-order chi connectivity index (χ0) is 14.0. The number of aliphatic hydroxyl groups is 1. The molecular weight excluding hydrogens is 290 g/mol. The Balaban J connectivity index is 2.40. The number of anilines is 1. The molecule has 0 aromatic carbocycles. The van der Waals surface area contributed by atoms with Crippen LogP contribution >= 0.6 is 11.3 Å². The molecule has 2 heterocycles. The number of aromatic nitrogens is 4. The third-order valence-electron chi connectivity index (χ3n) is 2.48. The molecule has 0 radical (unpaired) electrons. The average molecular weight is 303 g/mol. The molecule has 0 aliphatic carbocycles. The van der Waals surface area contributed by atoms with Crippen LogP contribution in [0.15, 0.2) is 10.4 Å². The first-order chi connectivity index (χ1) is 8.95. The number of hydrogen-bond donors (Lipinski definition) is 2. The van der Waals surface area contributed by atoms with Gasteiger partial charge in [0, 0.05) is 0 Å². The summed E-state index contributed by atoms with van der Waals surface area (Å²) in [6.45, 7) is 3.39. The molecule has 104 valence electrons. The first kappa shape index (κ1) is 13.9. The minimum Gasteiger partial charge on any atom is -0.394 e. The topological polar surface area (TPSA) is 110 Å². The lowest BCUT2D eigenvalue weighted by atomic mass is 10.4. The van der Waals surface area contributed by atoms with Gasteiger partial charge in [-0.1, -0.05) is 11.3 Å². The van der Waals surface area contributed by atoms with Gasteiger partial charge in [-0.25, -0.2) is 8.42 Å². The highest BCUT2D eigenvalue weighted by atomic mass is 32.2. The van der Waals surface area contributed by atoms with Crippen LogP contribution in [0, 0.1) is 13.8 Å². The molecule has 2 aromatic rings. The molecule has 0 aliphatic rings. The zero-order valence-corrected chi connectivity index (χ0v) is 12.0. The van der Waals surface area contributed by atoms with Gasteiger partial charge in [-0.15, -0.1) is 10.2 Å². The maximum Gasteiger partial charge on any atom is 0.267 e. The second-order valence-electron chi connectivity index (χ2n) is 3.80. The summed E-state index contributed by atoms with van der Waals surface area (Å²) < 4.78 is 28.4. The molecule has 10 heteroatoms. The van der Waals surface area contributed by atoms with Gasteiger partial charge in [0.1, 0.15) is 10.4 Å². The molecule has 2 N–H and O–H groups in total. The Hall–Kier alpha value is -1.52. The number of hydrogen-bond acceptors (Lipinski definition) is 7. The quantitative estimate of drug-likeness (QED) is 0.813. The van der Waals surface area contributed by atoms with Gasteiger partial charge in [-0.05, 0) is 13.8 Å². The van der Waals surface area contributed by atoms with E-state index in [0.717, 1.165) is 11.3 Å². The zero-order valence-electron chi connectivity index (χ0n) is 10.4. The number of aliphatic hydroxyl groups excluding tert-OH is 1.